The second kappa shape index (κ2) is 7.39. The summed E-state index contributed by atoms with van der Waals surface area (Å²) in [6.07, 6.45) is 7.02. The lowest BCUT2D eigenvalue weighted by Crippen LogP contribution is -2.22. The van der Waals surface area contributed by atoms with E-state index in [9.17, 15) is 4.79 Å². The number of rotatable bonds is 4. The van der Waals surface area contributed by atoms with Crippen molar-refractivity contribution in [3.05, 3.63) is 82.9 Å². The molecule has 2 aromatic heterocycles. The number of carbonyl (C=O) groups is 1. The summed E-state index contributed by atoms with van der Waals surface area (Å²) in [7, 11) is 0. The molecule has 3 aromatic rings. The molecule has 0 spiro atoms. The van der Waals surface area contributed by atoms with Crippen LogP contribution in [0.5, 0.6) is 0 Å². The molecule has 0 radical (unpaired) electrons. The fourth-order valence-corrected chi connectivity index (χ4v) is 3.97. The van der Waals surface area contributed by atoms with Gasteiger partial charge in [0, 0.05) is 41.6 Å². The topological polar surface area (TPSA) is 46.9 Å². The van der Waals surface area contributed by atoms with E-state index in [4.69, 9.17) is 0 Å². The van der Waals surface area contributed by atoms with E-state index in [1.165, 1.54) is 23.4 Å². The van der Waals surface area contributed by atoms with Crippen molar-refractivity contribution in [1.29, 1.82) is 0 Å². The van der Waals surface area contributed by atoms with Gasteiger partial charge in [0.2, 0.25) is 0 Å². The van der Waals surface area contributed by atoms with Crippen LogP contribution in [0.2, 0.25) is 0 Å². The summed E-state index contributed by atoms with van der Waals surface area (Å²) in [5.74, 6) is 0.698. The lowest BCUT2D eigenvalue weighted by Gasteiger charge is -2.21. The van der Waals surface area contributed by atoms with Gasteiger partial charge in [0.1, 0.15) is 0 Å². The van der Waals surface area contributed by atoms with Crippen molar-refractivity contribution in [3.63, 3.8) is 0 Å². The largest absolute Gasteiger partial charge is 0.348 e. The molecule has 1 atom stereocenters. The molecule has 1 N–H and O–H groups in total. The predicted molar refractivity (Wildman–Crippen MR) is 107 cm³/mol. The van der Waals surface area contributed by atoms with Gasteiger partial charge in [-0.1, -0.05) is 13.0 Å². The number of hydrogen-bond donors (Lipinski definition) is 1. The minimum atomic E-state index is -0.0644. The van der Waals surface area contributed by atoms with E-state index in [0.717, 1.165) is 30.0 Å². The third kappa shape index (κ3) is 3.65. The highest BCUT2D eigenvalue weighted by Crippen LogP contribution is 2.30. The molecule has 0 bridgehead atoms. The number of aromatic nitrogens is 2. The van der Waals surface area contributed by atoms with Crippen LogP contribution < -0.4 is 5.32 Å². The van der Waals surface area contributed by atoms with Crippen molar-refractivity contribution < 1.29 is 4.79 Å². The van der Waals surface area contributed by atoms with Gasteiger partial charge >= 0.3 is 0 Å². The number of hydrogen-bond acceptors (Lipinski definition) is 2. The molecular weight excluding hydrogens is 334 g/mol. The average Bonchev–Trinajstić information content (AvgIpc) is 3.01. The smallest absolute Gasteiger partial charge is 0.251 e. The van der Waals surface area contributed by atoms with Crippen molar-refractivity contribution in [2.45, 2.75) is 39.7 Å². The van der Waals surface area contributed by atoms with Gasteiger partial charge in [0.25, 0.3) is 5.91 Å². The number of pyridine rings is 1. The summed E-state index contributed by atoms with van der Waals surface area (Å²) >= 11 is 0. The zero-order valence-electron chi connectivity index (χ0n) is 15.9. The monoisotopic (exact) mass is 359 g/mol. The first-order valence-corrected chi connectivity index (χ1v) is 9.59. The van der Waals surface area contributed by atoms with Crippen molar-refractivity contribution in [2.24, 2.45) is 5.92 Å². The van der Waals surface area contributed by atoms with Crippen molar-refractivity contribution in [1.82, 2.24) is 14.9 Å². The first-order chi connectivity index (χ1) is 13.1. The zero-order chi connectivity index (χ0) is 18.8. The van der Waals surface area contributed by atoms with Crippen molar-refractivity contribution in [3.8, 4) is 5.69 Å². The molecule has 0 fully saturated rings. The molecule has 1 unspecified atom stereocenters. The Labute approximate surface area is 160 Å². The third-order valence-electron chi connectivity index (χ3n) is 5.38. The van der Waals surface area contributed by atoms with Crippen LogP contribution in [0.4, 0.5) is 0 Å². The molecule has 2 heterocycles. The van der Waals surface area contributed by atoms with Crippen LogP contribution in [-0.2, 0) is 19.4 Å². The number of carbonyl (C=O) groups excluding carboxylic acids is 1. The number of fused-ring (bicyclic) bond motifs is 1. The molecule has 0 saturated heterocycles. The molecule has 1 amide bonds. The number of nitrogens with one attached hydrogen (secondary N) is 1. The maximum Gasteiger partial charge on any atom is 0.251 e. The first kappa shape index (κ1) is 17.5. The van der Waals surface area contributed by atoms with E-state index in [-0.39, 0.29) is 5.91 Å². The number of nitrogens with zero attached hydrogens (tertiary/aromatic N) is 2. The number of aryl methyl sites for hydroxylation is 1. The summed E-state index contributed by atoms with van der Waals surface area (Å²) < 4.78 is 2.35. The predicted octanol–water partition coefficient (Wildman–Crippen LogP) is 4.24. The second-order valence-corrected chi connectivity index (χ2v) is 7.53. The van der Waals surface area contributed by atoms with Crippen LogP contribution in [0.15, 0.2) is 54.9 Å². The minimum absolute atomic E-state index is 0.0644. The fraction of sp³-hybridized carbons (Fsp3) is 0.304. The Bertz CT molecular complexity index is 942. The highest BCUT2D eigenvalue weighted by molar-refractivity contribution is 5.94. The lowest BCUT2D eigenvalue weighted by atomic mass is 9.89. The third-order valence-corrected chi connectivity index (χ3v) is 5.38. The normalized spacial score (nSPS) is 16.0. The van der Waals surface area contributed by atoms with Gasteiger partial charge in [0.05, 0.1) is 0 Å². The second-order valence-electron chi connectivity index (χ2n) is 7.53. The summed E-state index contributed by atoms with van der Waals surface area (Å²) in [5.41, 5.74) is 6.97. The van der Waals surface area contributed by atoms with E-state index in [2.05, 4.69) is 34.8 Å². The SMILES string of the molecule is Cc1cc2c(n1-c1ccc(C(=O)NCc3cccnc3)cc1)CCC(C)C2. The van der Waals surface area contributed by atoms with Crippen LogP contribution in [0, 0.1) is 12.8 Å². The van der Waals surface area contributed by atoms with Gasteiger partial charge in [-0.15, -0.1) is 0 Å². The zero-order valence-corrected chi connectivity index (χ0v) is 15.9. The molecule has 4 rings (SSSR count). The highest BCUT2D eigenvalue weighted by Gasteiger charge is 2.21. The number of amides is 1. The molecular formula is C23H25N3O. The molecule has 4 heteroatoms. The van der Waals surface area contributed by atoms with Gasteiger partial charge < -0.3 is 9.88 Å². The van der Waals surface area contributed by atoms with Crippen molar-refractivity contribution in [2.75, 3.05) is 0 Å². The lowest BCUT2D eigenvalue weighted by molar-refractivity contribution is 0.0951. The molecule has 138 valence electrons. The Balaban J connectivity index is 1.50. The average molecular weight is 359 g/mol. The standard InChI is InChI=1S/C23H25N3O/c1-16-5-10-22-20(12-16)13-17(2)26(22)21-8-6-19(7-9-21)23(27)25-15-18-4-3-11-24-14-18/h3-4,6-9,11,13-14,16H,5,10,12,15H2,1-2H3,(H,25,27). The minimum Gasteiger partial charge on any atom is -0.348 e. The van der Waals surface area contributed by atoms with Crippen molar-refractivity contribution >= 4 is 5.91 Å². The summed E-state index contributed by atoms with van der Waals surface area (Å²) in [4.78, 5) is 16.5. The van der Waals surface area contributed by atoms with Gasteiger partial charge in [-0.05, 0) is 79.6 Å². The van der Waals surface area contributed by atoms with E-state index in [1.807, 2.05) is 36.4 Å². The Morgan fingerprint density at radius 3 is 2.81 bits per heavy atom. The van der Waals surface area contributed by atoms with Gasteiger partial charge in [-0.25, -0.2) is 0 Å². The first-order valence-electron chi connectivity index (χ1n) is 9.59. The van der Waals surface area contributed by atoms with Crippen LogP contribution in [0.1, 0.15) is 46.2 Å². The molecule has 1 aliphatic carbocycles. The van der Waals surface area contributed by atoms with E-state index >= 15 is 0 Å². The summed E-state index contributed by atoms with van der Waals surface area (Å²) in [6, 6.07) is 14.1. The quantitative estimate of drug-likeness (QED) is 0.757. The molecule has 27 heavy (non-hydrogen) atoms. The van der Waals surface area contributed by atoms with E-state index < -0.39 is 0 Å². The van der Waals surface area contributed by atoms with E-state index in [0.29, 0.717) is 12.1 Å². The Kier molecular flexibility index (Phi) is 4.80. The van der Waals surface area contributed by atoms with Gasteiger partial charge in [-0.2, -0.15) is 0 Å². The van der Waals surface area contributed by atoms with Crippen LogP contribution in [0.25, 0.3) is 5.69 Å². The number of benzene rings is 1. The van der Waals surface area contributed by atoms with Crippen LogP contribution >= 0.6 is 0 Å². The van der Waals surface area contributed by atoms with Crippen LogP contribution in [0.3, 0.4) is 0 Å². The maximum atomic E-state index is 12.4. The molecule has 1 aliphatic rings. The Hall–Kier alpha value is -2.88. The van der Waals surface area contributed by atoms with E-state index in [1.54, 1.807) is 12.4 Å². The molecule has 4 nitrogen and oxygen atoms in total. The van der Waals surface area contributed by atoms with Gasteiger partial charge in [0.15, 0.2) is 0 Å². The molecule has 0 saturated carbocycles. The summed E-state index contributed by atoms with van der Waals surface area (Å²) in [5, 5.41) is 2.95. The Morgan fingerprint density at radius 1 is 1.26 bits per heavy atom. The van der Waals surface area contributed by atoms with Crippen LogP contribution in [-0.4, -0.2) is 15.5 Å². The maximum absolute atomic E-state index is 12.4. The highest BCUT2D eigenvalue weighted by atomic mass is 16.1. The Morgan fingerprint density at radius 2 is 2.07 bits per heavy atom. The van der Waals surface area contributed by atoms with Gasteiger partial charge in [-0.3, -0.25) is 9.78 Å². The molecule has 1 aromatic carbocycles. The fourth-order valence-electron chi connectivity index (χ4n) is 3.97. The molecule has 0 aliphatic heterocycles. The summed E-state index contributed by atoms with van der Waals surface area (Å²) in [6.45, 7) is 4.98.